The third-order valence-electron chi connectivity index (χ3n) is 5.14. The predicted molar refractivity (Wildman–Crippen MR) is 124 cm³/mol. The van der Waals surface area contributed by atoms with Crippen LogP contribution in [0.15, 0.2) is 53.7 Å². The van der Waals surface area contributed by atoms with Gasteiger partial charge in [0.1, 0.15) is 0 Å². The zero-order valence-corrected chi connectivity index (χ0v) is 19.0. The molecule has 2 amide bonds. The Morgan fingerprint density at radius 1 is 1.10 bits per heavy atom. The number of anilines is 1. The average Bonchev–Trinajstić information content (AvgIpc) is 3.22. The van der Waals surface area contributed by atoms with E-state index in [2.05, 4.69) is 39.2 Å². The van der Waals surface area contributed by atoms with Gasteiger partial charge in [-0.3, -0.25) is 14.2 Å². The van der Waals surface area contributed by atoms with Crippen molar-refractivity contribution in [3.8, 4) is 11.4 Å². The van der Waals surface area contributed by atoms with E-state index in [0.717, 1.165) is 23.4 Å². The van der Waals surface area contributed by atoms with Crippen LogP contribution < -0.4 is 10.6 Å². The van der Waals surface area contributed by atoms with E-state index in [-0.39, 0.29) is 23.6 Å². The molecule has 7 nitrogen and oxygen atoms in total. The number of carbonyl (C=O) groups excluding carboxylic acids is 2. The lowest BCUT2D eigenvalue weighted by Crippen LogP contribution is -2.21. The van der Waals surface area contributed by atoms with Crippen LogP contribution in [0.5, 0.6) is 0 Å². The second kappa shape index (κ2) is 10.3. The molecule has 2 aromatic carbocycles. The highest BCUT2D eigenvalue weighted by Gasteiger charge is 2.19. The smallest absolute Gasteiger partial charge is 0.251 e. The van der Waals surface area contributed by atoms with E-state index in [1.807, 2.05) is 37.3 Å². The Morgan fingerprint density at radius 2 is 1.84 bits per heavy atom. The number of carbonyl (C=O) groups is 2. The molecule has 0 aliphatic rings. The maximum atomic E-state index is 12.6. The van der Waals surface area contributed by atoms with Crippen molar-refractivity contribution in [2.24, 2.45) is 0 Å². The van der Waals surface area contributed by atoms with Crippen molar-refractivity contribution in [2.45, 2.75) is 38.4 Å². The summed E-state index contributed by atoms with van der Waals surface area (Å²) in [5.74, 6) is 0.639. The number of thioether (sulfide) groups is 1. The van der Waals surface area contributed by atoms with Crippen molar-refractivity contribution in [3.63, 3.8) is 0 Å². The van der Waals surface area contributed by atoms with E-state index in [0.29, 0.717) is 16.4 Å². The van der Waals surface area contributed by atoms with Crippen molar-refractivity contribution < 1.29 is 9.59 Å². The third-order valence-corrected chi connectivity index (χ3v) is 6.08. The van der Waals surface area contributed by atoms with Crippen LogP contribution in [0.1, 0.15) is 42.2 Å². The summed E-state index contributed by atoms with van der Waals surface area (Å²) in [5.41, 5.74) is 2.89. The van der Waals surface area contributed by atoms with Gasteiger partial charge in [0.2, 0.25) is 5.91 Å². The fraction of sp³-hybridized carbons (Fsp3) is 0.304. The second-order valence-corrected chi connectivity index (χ2v) is 8.14. The van der Waals surface area contributed by atoms with Gasteiger partial charge in [0, 0.05) is 29.9 Å². The van der Waals surface area contributed by atoms with Crippen molar-refractivity contribution in [3.05, 3.63) is 59.7 Å². The standard InChI is InChI=1S/C23H27N5O2S/c1-5-15(2)28-21(17-10-7-6-8-11-17)26-27-23(28)31-14-20(29)25-19-13-9-12-18(16(19)3)22(30)24-4/h6-13,15H,5,14H2,1-4H3,(H,24,30)(H,25,29). The van der Waals surface area contributed by atoms with Gasteiger partial charge in [0.15, 0.2) is 11.0 Å². The van der Waals surface area contributed by atoms with Gasteiger partial charge >= 0.3 is 0 Å². The number of hydrogen-bond acceptors (Lipinski definition) is 5. The molecule has 0 bridgehead atoms. The highest BCUT2D eigenvalue weighted by Crippen LogP contribution is 2.29. The number of aromatic nitrogens is 3. The van der Waals surface area contributed by atoms with Gasteiger partial charge in [-0.25, -0.2) is 0 Å². The summed E-state index contributed by atoms with van der Waals surface area (Å²) in [6.07, 6.45) is 0.920. The molecular formula is C23H27N5O2S. The second-order valence-electron chi connectivity index (χ2n) is 7.19. The first-order valence-electron chi connectivity index (χ1n) is 10.2. The fourth-order valence-electron chi connectivity index (χ4n) is 3.21. The van der Waals surface area contributed by atoms with E-state index in [4.69, 9.17) is 0 Å². The van der Waals surface area contributed by atoms with E-state index in [1.165, 1.54) is 11.8 Å². The number of hydrogen-bond donors (Lipinski definition) is 2. The number of nitrogens with zero attached hydrogens (tertiary/aromatic N) is 3. The first-order chi connectivity index (χ1) is 15.0. The molecule has 0 radical (unpaired) electrons. The van der Waals surface area contributed by atoms with E-state index in [1.54, 1.807) is 25.2 Å². The minimum absolute atomic E-state index is 0.165. The first kappa shape index (κ1) is 22.6. The Labute approximate surface area is 186 Å². The molecule has 3 rings (SSSR count). The minimum atomic E-state index is -0.182. The van der Waals surface area contributed by atoms with Gasteiger partial charge in [0.05, 0.1) is 5.75 Å². The lowest BCUT2D eigenvalue weighted by molar-refractivity contribution is -0.113. The lowest BCUT2D eigenvalue weighted by Gasteiger charge is -2.16. The predicted octanol–water partition coefficient (Wildman–Crippen LogP) is 4.31. The zero-order chi connectivity index (χ0) is 22.4. The maximum Gasteiger partial charge on any atom is 0.251 e. The summed E-state index contributed by atoms with van der Waals surface area (Å²) < 4.78 is 2.09. The SMILES string of the molecule is CCC(C)n1c(SCC(=O)Nc2cccc(C(=O)NC)c2C)nnc1-c1ccccc1. The molecule has 0 saturated carbocycles. The molecule has 3 aromatic rings. The van der Waals surface area contributed by atoms with E-state index in [9.17, 15) is 9.59 Å². The molecule has 0 aliphatic heterocycles. The summed E-state index contributed by atoms with van der Waals surface area (Å²) in [5, 5.41) is 15.0. The van der Waals surface area contributed by atoms with Gasteiger partial charge in [-0.05, 0) is 38.0 Å². The number of nitrogens with one attached hydrogen (secondary N) is 2. The first-order valence-corrected chi connectivity index (χ1v) is 11.2. The van der Waals surface area contributed by atoms with Gasteiger partial charge in [-0.2, -0.15) is 0 Å². The molecule has 0 aliphatic carbocycles. The van der Waals surface area contributed by atoms with Crippen LogP contribution in [0, 0.1) is 6.92 Å². The molecule has 0 saturated heterocycles. The minimum Gasteiger partial charge on any atom is -0.355 e. The van der Waals surface area contributed by atoms with E-state index < -0.39 is 0 Å². The molecule has 0 spiro atoms. The van der Waals surface area contributed by atoms with Gasteiger partial charge < -0.3 is 10.6 Å². The maximum absolute atomic E-state index is 12.6. The van der Waals surface area contributed by atoms with Crippen molar-refractivity contribution in [1.29, 1.82) is 0 Å². The molecule has 0 fully saturated rings. The molecule has 31 heavy (non-hydrogen) atoms. The van der Waals surface area contributed by atoms with Crippen LogP contribution >= 0.6 is 11.8 Å². The molecule has 2 N–H and O–H groups in total. The van der Waals surface area contributed by atoms with Gasteiger partial charge in [-0.15, -0.1) is 10.2 Å². The van der Waals surface area contributed by atoms with Crippen LogP contribution in [-0.4, -0.2) is 39.4 Å². The Morgan fingerprint density at radius 3 is 2.52 bits per heavy atom. The monoisotopic (exact) mass is 437 g/mol. The normalized spacial score (nSPS) is 11.7. The topological polar surface area (TPSA) is 88.9 Å². The van der Waals surface area contributed by atoms with Crippen molar-refractivity contribution in [2.75, 3.05) is 18.1 Å². The number of benzene rings is 2. The van der Waals surface area contributed by atoms with Crippen molar-refractivity contribution >= 4 is 29.3 Å². The number of rotatable bonds is 8. The third kappa shape index (κ3) is 5.14. The molecule has 1 unspecified atom stereocenters. The number of amides is 2. The molecular weight excluding hydrogens is 410 g/mol. The lowest BCUT2D eigenvalue weighted by atomic mass is 10.1. The summed E-state index contributed by atoms with van der Waals surface area (Å²) in [4.78, 5) is 24.6. The summed E-state index contributed by atoms with van der Waals surface area (Å²) in [6.45, 7) is 6.05. The Bertz CT molecular complexity index is 1070. The Hall–Kier alpha value is -3.13. The largest absolute Gasteiger partial charge is 0.355 e. The highest BCUT2D eigenvalue weighted by atomic mass is 32.2. The molecule has 1 aromatic heterocycles. The van der Waals surface area contributed by atoms with Gasteiger partial charge in [0.25, 0.3) is 5.91 Å². The quantitative estimate of drug-likeness (QED) is 0.513. The van der Waals surface area contributed by atoms with Crippen LogP contribution in [0.3, 0.4) is 0 Å². The van der Waals surface area contributed by atoms with Gasteiger partial charge in [-0.1, -0.05) is 55.1 Å². The Balaban J connectivity index is 1.75. The Kier molecular flexibility index (Phi) is 7.46. The van der Waals surface area contributed by atoms with Crippen LogP contribution in [0.25, 0.3) is 11.4 Å². The average molecular weight is 438 g/mol. The van der Waals surface area contributed by atoms with Crippen LogP contribution in [0.2, 0.25) is 0 Å². The molecule has 162 valence electrons. The fourth-order valence-corrected chi connectivity index (χ4v) is 4.04. The van der Waals surface area contributed by atoms with Crippen LogP contribution in [-0.2, 0) is 4.79 Å². The summed E-state index contributed by atoms with van der Waals surface area (Å²) in [6, 6.07) is 15.4. The molecule has 8 heteroatoms. The molecule has 1 atom stereocenters. The summed E-state index contributed by atoms with van der Waals surface area (Å²) >= 11 is 1.35. The van der Waals surface area contributed by atoms with Crippen LogP contribution in [0.4, 0.5) is 5.69 Å². The van der Waals surface area contributed by atoms with E-state index >= 15 is 0 Å². The van der Waals surface area contributed by atoms with Crippen molar-refractivity contribution in [1.82, 2.24) is 20.1 Å². The zero-order valence-electron chi connectivity index (χ0n) is 18.2. The molecule has 1 heterocycles. The summed E-state index contributed by atoms with van der Waals surface area (Å²) in [7, 11) is 1.58. The highest BCUT2D eigenvalue weighted by molar-refractivity contribution is 7.99.